The fourth-order valence-electron chi connectivity index (χ4n) is 3.62. The molecule has 6 nitrogen and oxygen atoms in total. The summed E-state index contributed by atoms with van der Waals surface area (Å²) < 4.78 is 13.8. The Balaban J connectivity index is 1.82. The standard InChI is InChI=1S/C22H27FN4O2/c1-2-26-10-8-16(9-11-26)22(29)27(20-5-3-4-18(23)12-20)15-19-7-6-17(14-25-19)21(28)13-24/h3-7,12,14,16H,2,8-11,13,15,24H2,1H3. The van der Waals surface area contributed by atoms with E-state index in [2.05, 4.69) is 16.8 Å². The minimum Gasteiger partial charge on any atom is -0.324 e. The van der Waals surface area contributed by atoms with Gasteiger partial charge in [0.15, 0.2) is 5.78 Å². The largest absolute Gasteiger partial charge is 0.324 e. The molecule has 1 fully saturated rings. The van der Waals surface area contributed by atoms with Gasteiger partial charge >= 0.3 is 0 Å². The quantitative estimate of drug-likeness (QED) is 0.726. The highest BCUT2D eigenvalue weighted by molar-refractivity contribution is 5.97. The molecule has 1 aliphatic heterocycles. The van der Waals surface area contributed by atoms with Crippen molar-refractivity contribution in [2.75, 3.05) is 31.1 Å². The molecule has 1 aliphatic rings. The van der Waals surface area contributed by atoms with Gasteiger partial charge in [0.2, 0.25) is 5.91 Å². The van der Waals surface area contributed by atoms with Crippen LogP contribution < -0.4 is 10.6 Å². The number of likely N-dealkylation sites (tertiary alicyclic amines) is 1. The van der Waals surface area contributed by atoms with Crippen molar-refractivity contribution >= 4 is 17.4 Å². The summed E-state index contributed by atoms with van der Waals surface area (Å²) in [5.74, 6) is -0.697. The number of nitrogens with zero attached hydrogens (tertiary/aromatic N) is 3. The van der Waals surface area contributed by atoms with E-state index in [-0.39, 0.29) is 30.7 Å². The molecule has 0 spiro atoms. The molecule has 0 atom stereocenters. The summed E-state index contributed by atoms with van der Waals surface area (Å²) in [6.45, 7) is 5.01. The molecule has 0 bridgehead atoms. The minimum absolute atomic E-state index is 0.0183. The Morgan fingerprint density at radius 3 is 2.59 bits per heavy atom. The summed E-state index contributed by atoms with van der Waals surface area (Å²) >= 11 is 0. The number of amides is 1. The Morgan fingerprint density at radius 1 is 1.24 bits per heavy atom. The number of hydrogen-bond acceptors (Lipinski definition) is 5. The van der Waals surface area contributed by atoms with Crippen LogP contribution >= 0.6 is 0 Å². The van der Waals surface area contributed by atoms with Crippen molar-refractivity contribution in [1.29, 1.82) is 0 Å². The first kappa shape index (κ1) is 21.1. The summed E-state index contributed by atoms with van der Waals surface area (Å²) in [4.78, 5) is 33.3. The molecule has 7 heteroatoms. The molecule has 1 amide bonds. The normalized spacial score (nSPS) is 15.3. The predicted octanol–water partition coefficient (Wildman–Crippen LogP) is 2.63. The summed E-state index contributed by atoms with van der Waals surface area (Å²) in [6, 6.07) is 9.42. The number of pyridine rings is 1. The number of piperidine rings is 1. The van der Waals surface area contributed by atoms with Crippen LogP contribution in [-0.4, -0.2) is 47.8 Å². The number of anilines is 1. The number of rotatable bonds is 7. The number of hydrogen-bond donors (Lipinski definition) is 1. The highest BCUT2D eigenvalue weighted by Crippen LogP contribution is 2.25. The van der Waals surface area contributed by atoms with E-state index in [9.17, 15) is 14.0 Å². The Morgan fingerprint density at radius 2 is 2.00 bits per heavy atom. The van der Waals surface area contributed by atoms with Gasteiger partial charge in [-0.2, -0.15) is 0 Å². The number of aromatic nitrogens is 1. The van der Waals surface area contributed by atoms with Gasteiger partial charge < -0.3 is 15.5 Å². The van der Waals surface area contributed by atoms with E-state index >= 15 is 0 Å². The van der Waals surface area contributed by atoms with Crippen molar-refractivity contribution in [1.82, 2.24) is 9.88 Å². The van der Waals surface area contributed by atoms with Crippen LogP contribution in [-0.2, 0) is 11.3 Å². The summed E-state index contributed by atoms with van der Waals surface area (Å²) in [6.07, 6.45) is 3.05. The van der Waals surface area contributed by atoms with Gasteiger partial charge in [-0.15, -0.1) is 0 Å². The number of Topliss-reactive ketones (excluding diaryl/α,β-unsaturated/α-hetero) is 1. The molecule has 29 heavy (non-hydrogen) atoms. The predicted molar refractivity (Wildman–Crippen MR) is 110 cm³/mol. The third-order valence-electron chi connectivity index (χ3n) is 5.42. The second-order valence-electron chi connectivity index (χ2n) is 7.28. The van der Waals surface area contributed by atoms with E-state index in [4.69, 9.17) is 5.73 Å². The van der Waals surface area contributed by atoms with Crippen LogP contribution in [0.1, 0.15) is 35.8 Å². The molecule has 0 unspecified atom stereocenters. The lowest BCUT2D eigenvalue weighted by Crippen LogP contribution is -2.42. The second-order valence-corrected chi connectivity index (χ2v) is 7.28. The molecular weight excluding hydrogens is 371 g/mol. The van der Waals surface area contributed by atoms with E-state index in [1.807, 2.05) is 0 Å². The molecule has 3 rings (SSSR count). The molecule has 2 N–H and O–H groups in total. The average molecular weight is 398 g/mol. The zero-order valence-electron chi connectivity index (χ0n) is 16.7. The van der Waals surface area contributed by atoms with Crippen LogP contribution in [0.15, 0.2) is 42.6 Å². The van der Waals surface area contributed by atoms with Gasteiger partial charge in [0, 0.05) is 23.4 Å². The van der Waals surface area contributed by atoms with Crippen molar-refractivity contribution in [3.05, 3.63) is 59.7 Å². The highest BCUT2D eigenvalue weighted by Gasteiger charge is 2.29. The van der Waals surface area contributed by atoms with Gasteiger partial charge in [-0.05, 0) is 62.8 Å². The second kappa shape index (κ2) is 9.71. The van der Waals surface area contributed by atoms with Crippen molar-refractivity contribution < 1.29 is 14.0 Å². The molecule has 2 aromatic rings. The van der Waals surface area contributed by atoms with Gasteiger partial charge in [-0.3, -0.25) is 14.6 Å². The van der Waals surface area contributed by atoms with E-state index in [0.717, 1.165) is 32.5 Å². The van der Waals surface area contributed by atoms with Gasteiger partial charge in [-0.25, -0.2) is 4.39 Å². The summed E-state index contributed by atoms with van der Waals surface area (Å²) in [5, 5.41) is 0. The maximum Gasteiger partial charge on any atom is 0.230 e. The first-order valence-electron chi connectivity index (χ1n) is 9.99. The average Bonchev–Trinajstić information content (AvgIpc) is 2.77. The molecule has 0 radical (unpaired) electrons. The van der Waals surface area contributed by atoms with Crippen molar-refractivity contribution in [2.24, 2.45) is 11.7 Å². The topological polar surface area (TPSA) is 79.5 Å². The number of carbonyl (C=O) groups excluding carboxylic acids is 2. The number of halogens is 1. The van der Waals surface area contributed by atoms with Gasteiger partial charge in [0.25, 0.3) is 0 Å². The Bertz CT molecular complexity index is 848. The van der Waals surface area contributed by atoms with Crippen LogP contribution in [0.2, 0.25) is 0 Å². The van der Waals surface area contributed by atoms with E-state index in [1.54, 1.807) is 29.2 Å². The van der Waals surface area contributed by atoms with Crippen molar-refractivity contribution in [2.45, 2.75) is 26.3 Å². The molecule has 0 aliphatic carbocycles. The highest BCUT2D eigenvalue weighted by atomic mass is 19.1. The maximum absolute atomic E-state index is 13.8. The number of benzene rings is 1. The third-order valence-corrected chi connectivity index (χ3v) is 5.42. The molecule has 2 heterocycles. The zero-order chi connectivity index (χ0) is 20.8. The van der Waals surface area contributed by atoms with E-state index in [1.165, 1.54) is 18.3 Å². The molecule has 1 aromatic carbocycles. The minimum atomic E-state index is -0.391. The lowest BCUT2D eigenvalue weighted by Gasteiger charge is -2.33. The first-order valence-corrected chi connectivity index (χ1v) is 9.99. The Kier molecular flexibility index (Phi) is 7.06. The van der Waals surface area contributed by atoms with E-state index in [0.29, 0.717) is 16.9 Å². The van der Waals surface area contributed by atoms with Crippen molar-refractivity contribution in [3.63, 3.8) is 0 Å². The van der Waals surface area contributed by atoms with E-state index < -0.39 is 5.82 Å². The van der Waals surface area contributed by atoms with Crippen molar-refractivity contribution in [3.8, 4) is 0 Å². The molecule has 1 saturated heterocycles. The Hall–Kier alpha value is -2.64. The van der Waals surface area contributed by atoms with Crippen LogP contribution in [0.25, 0.3) is 0 Å². The maximum atomic E-state index is 13.8. The van der Waals surface area contributed by atoms with Crippen LogP contribution in [0.5, 0.6) is 0 Å². The number of ketones is 1. The molecule has 154 valence electrons. The molecule has 0 saturated carbocycles. The first-order chi connectivity index (χ1) is 14.0. The fourth-order valence-corrected chi connectivity index (χ4v) is 3.62. The number of carbonyl (C=O) groups is 2. The third kappa shape index (κ3) is 5.25. The van der Waals surface area contributed by atoms with Gasteiger partial charge in [-0.1, -0.05) is 13.0 Å². The fraction of sp³-hybridized carbons (Fsp3) is 0.409. The summed E-state index contributed by atoms with van der Waals surface area (Å²) in [7, 11) is 0. The van der Waals surface area contributed by atoms with Crippen LogP contribution in [0.3, 0.4) is 0 Å². The lowest BCUT2D eigenvalue weighted by molar-refractivity contribution is -0.124. The number of nitrogens with two attached hydrogens (primary N) is 1. The SMILES string of the molecule is CCN1CCC(C(=O)N(Cc2ccc(C(=O)CN)cn2)c2cccc(F)c2)CC1. The Labute approximate surface area is 170 Å². The smallest absolute Gasteiger partial charge is 0.230 e. The van der Waals surface area contributed by atoms with Gasteiger partial charge in [0.05, 0.1) is 18.8 Å². The van der Waals surface area contributed by atoms with Crippen LogP contribution in [0, 0.1) is 11.7 Å². The monoisotopic (exact) mass is 398 g/mol. The zero-order valence-corrected chi connectivity index (χ0v) is 16.7. The lowest BCUT2D eigenvalue weighted by atomic mass is 9.95. The molecular formula is C22H27FN4O2. The van der Waals surface area contributed by atoms with Gasteiger partial charge in [0.1, 0.15) is 5.82 Å². The van der Waals surface area contributed by atoms with Crippen LogP contribution in [0.4, 0.5) is 10.1 Å². The summed E-state index contributed by atoms with van der Waals surface area (Å²) in [5.41, 5.74) is 6.96. The molecule has 1 aromatic heterocycles.